The van der Waals surface area contributed by atoms with E-state index in [0.29, 0.717) is 53.0 Å². The molecule has 2 aromatic heterocycles. The fourth-order valence-electron chi connectivity index (χ4n) is 2.82. The number of aromatic amines is 1. The van der Waals surface area contributed by atoms with Gasteiger partial charge < -0.3 is 29.7 Å². The van der Waals surface area contributed by atoms with Gasteiger partial charge in [-0.05, 0) is 31.5 Å². The summed E-state index contributed by atoms with van der Waals surface area (Å²) >= 11 is 0. The topological polar surface area (TPSA) is 125 Å². The lowest BCUT2D eigenvalue weighted by Crippen LogP contribution is -2.11. The Morgan fingerprint density at radius 1 is 1.28 bits per heavy atom. The predicted octanol–water partition coefficient (Wildman–Crippen LogP) is 2.89. The lowest BCUT2D eigenvalue weighted by Gasteiger charge is -2.15. The minimum absolute atomic E-state index is 0.325. The molecule has 0 atom stereocenters. The molecule has 0 fully saturated rings. The van der Waals surface area contributed by atoms with Crippen molar-refractivity contribution in [2.45, 2.75) is 0 Å². The van der Waals surface area contributed by atoms with E-state index in [1.807, 2.05) is 0 Å². The third-order valence-corrected chi connectivity index (χ3v) is 5.83. The molecule has 0 saturated heterocycles. The van der Waals surface area contributed by atoms with Gasteiger partial charge in [-0.25, -0.2) is 0 Å². The first-order valence-electron chi connectivity index (χ1n) is 8.90. The van der Waals surface area contributed by atoms with Crippen molar-refractivity contribution in [3.63, 3.8) is 0 Å². The van der Waals surface area contributed by atoms with Crippen LogP contribution in [0.4, 0.5) is 17.5 Å². The zero-order chi connectivity index (χ0) is 21.0. The van der Waals surface area contributed by atoms with E-state index in [1.54, 1.807) is 51.9 Å². The number of nitrogens with zero attached hydrogens (tertiary/aromatic N) is 3. The van der Waals surface area contributed by atoms with Crippen molar-refractivity contribution in [1.29, 1.82) is 5.26 Å². The second kappa shape index (κ2) is 8.52. The monoisotopic (exact) mass is 414 g/mol. The Bertz CT molecular complexity index is 1120. The summed E-state index contributed by atoms with van der Waals surface area (Å²) in [5, 5.41) is 17.0. The van der Waals surface area contributed by atoms with E-state index in [9.17, 15) is 9.83 Å². The zero-order valence-electron chi connectivity index (χ0n) is 16.7. The van der Waals surface area contributed by atoms with E-state index >= 15 is 0 Å². The van der Waals surface area contributed by atoms with Gasteiger partial charge in [-0.1, -0.05) is 0 Å². The van der Waals surface area contributed by atoms with Crippen LogP contribution in [0.5, 0.6) is 5.75 Å². The van der Waals surface area contributed by atoms with Crippen LogP contribution < -0.4 is 20.7 Å². The lowest BCUT2D eigenvalue weighted by molar-refractivity contribution is 0.210. The molecule has 0 amide bonds. The van der Waals surface area contributed by atoms with Crippen LogP contribution in [0.1, 0.15) is 5.56 Å². The van der Waals surface area contributed by atoms with E-state index in [0.717, 1.165) is 5.30 Å². The number of methoxy groups -OCH3 is 2. The van der Waals surface area contributed by atoms with E-state index in [4.69, 9.17) is 9.47 Å². The third kappa shape index (κ3) is 4.50. The lowest BCUT2D eigenvalue weighted by atomic mass is 10.2. The van der Waals surface area contributed by atoms with Crippen molar-refractivity contribution in [1.82, 2.24) is 15.0 Å². The average molecular weight is 414 g/mol. The van der Waals surface area contributed by atoms with Crippen LogP contribution in [-0.4, -0.2) is 55.7 Å². The predicted molar refractivity (Wildman–Crippen MR) is 114 cm³/mol. The summed E-state index contributed by atoms with van der Waals surface area (Å²) in [7, 11) is 0.748. The van der Waals surface area contributed by atoms with E-state index in [1.165, 1.54) is 0 Å². The van der Waals surface area contributed by atoms with E-state index in [2.05, 4.69) is 31.7 Å². The summed E-state index contributed by atoms with van der Waals surface area (Å²) in [6, 6.07) is 7.47. The number of fused-ring (bicyclic) bond motifs is 1. The van der Waals surface area contributed by atoms with Crippen molar-refractivity contribution in [3.05, 3.63) is 30.0 Å². The van der Waals surface area contributed by atoms with Gasteiger partial charge >= 0.3 is 0 Å². The van der Waals surface area contributed by atoms with Crippen LogP contribution in [0.3, 0.4) is 0 Å². The van der Waals surface area contributed by atoms with Gasteiger partial charge in [0.1, 0.15) is 30.4 Å². The van der Waals surface area contributed by atoms with Crippen LogP contribution in [0.2, 0.25) is 0 Å². The van der Waals surface area contributed by atoms with Crippen LogP contribution in [0, 0.1) is 11.3 Å². The number of aromatic nitrogens is 3. The molecule has 0 aliphatic rings. The molecule has 3 aromatic rings. The molecular weight excluding hydrogens is 391 g/mol. The molecule has 3 rings (SSSR count). The summed E-state index contributed by atoms with van der Waals surface area (Å²) in [6.45, 7) is 4.44. The van der Waals surface area contributed by atoms with Gasteiger partial charge in [0.2, 0.25) is 5.95 Å². The second-order valence-electron chi connectivity index (χ2n) is 6.71. The Hall–Kier alpha value is -3.08. The fourth-order valence-corrected chi connectivity index (χ4v) is 3.68. The van der Waals surface area contributed by atoms with E-state index in [-0.39, 0.29) is 0 Å². The van der Waals surface area contributed by atoms with Crippen molar-refractivity contribution in [2.75, 3.05) is 51.3 Å². The number of rotatable bonds is 8. The SMILES string of the molecule is COCCNc1nc(Nc2ccc(P(C)(C)=O)cc2OC)nc2[nH]cc(C#N)c12. The number of H-pyrrole nitrogens is 1. The maximum Gasteiger partial charge on any atom is 0.231 e. The molecule has 2 heterocycles. The third-order valence-electron chi connectivity index (χ3n) is 4.30. The van der Waals surface area contributed by atoms with Gasteiger partial charge in [0.15, 0.2) is 0 Å². The Balaban J connectivity index is 2.00. The van der Waals surface area contributed by atoms with Gasteiger partial charge in [-0.15, -0.1) is 0 Å². The Morgan fingerprint density at radius 2 is 2.07 bits per heavy atom. The quantitative estimate of drug-likeness (QED) is 0.380. The van der Waals surface area contributed by atoms with Gasteiger partial charge in [-0.3, -0.25) is 0 Å². The first-order valence-corrected chi connectivity index (χ1v) is 11.5. The number of anilines is 3. The summed E-state index contributed by atoms with van der Waals surface area (Å²) in [4.78, 5) is 12.0. The molecule has 10 heteroatoms. The normalized spacial score (nSPS) is 11.3. The maximum absolute atomic E-state index is 12.4. The highest BCUT2D eigenvalue weighted by Gasteiger charge is 2.17. The molecule has 0 radical (unpaired) electrons. The maximum atomic E-state index is 12.4. The van der Waals surface area contributed by atoms with Crippen LogP contribution in [0.15, 0.2) is 24.4 Å². The second-order valence-corrected chi connectivity index (χ2v) is 9.93. The van der Waals surface area contributed by atoms with Crippen LogP contribution >= 0.6 is 7.14 Å². The van der Waals surface area contributed by atoms with Crippen LogP contribution in [0.25, 0.3) is 11.0 Å². The first kappa shape index (κ1) is 20.6. The minimum Gasteiger partial charge on any atom is -0.495 e. The molecule has 3 N–H and O–H groups in total. The molecule has 0 aliphatic heterocycles. The minimum atomic E-state index is -2.41. The smallest absolute Gasteiger partial charge is 0.231 e. The van der Waals surface area contributed by atoms with Gasteiger partial charge in [0, 0.05) is 25.2 Å². The number of hydrogen-bond donors (Lipinski definition) is 3. The van der Waals surface area contributed by atoms with Gasteiger partial charge in [-0.2, -0.15) is 15.2 Å². The first-order chi connectivity index (χ1) is 13.9. The molecule has 0 bridgehead atoms. The highest BCUT2D eigenvalue weighted by Crippen LogP contribution is 2.38. The Labute approximate surface area is 168 Å². The number of nitrogens with one attached hydrogen (secondary N) is 3. The number of hydrogen-bond acceptors (Lipinski definition) is 8. The zero-order valence-corrected chi connectivity index (χ0v) is 17.6. The summed E-state index contributed by atoms with van der Waals surface area (Å²) in [6.07, 6.45) is 1.60. The summed E-state index contributed by atoms with van der Waals surface area (Å²) in [5.41, 5.74) is 1.62. The Kier molecular flexibility index (Phi) is 6.06. The van der Waals surface area contributed by atoms with Gasteiger partial charge in [0.25, 0.3) is 0 Å². The number of nitriles is 1. The highest BCUT2D eigenvalue weighted by atomic mass is 31.2. The van der Waals surface area contributed by atoms with Crippen molar-refractivity contribution in [3.8, 4) is 11.8 Å². The molecule has 0 unspecified atom stereocenters. The molecule has 9 nitrogen and oxygen atoms in total. The van der Waals surface area contributed by atoms with E-state index < -0.39 is 7.14 Å². The fraction of sp³-hybridized carbons (Fsp3) is 0.316. The van der Waals surface area contributed by atoms with Crippen molar-refractivity contribution in [2.24, 2.45) is 0 Å². The molecule has 0 spiro atoms. The Morgan fingerprint density at radius 3 is 2.72 bits per heavy atom. The summed E-state index contributed by atoms with van der Waals surface area (Å²) < 4.78 is 22.9. The molecule has 29 heavy (non-hydrogen) atoms. The largest absolute Gasteiger partial charge is 0.495 e. The summed E-state index contributed by atoms with van der Waals surface area (Å²) in [5.74, 6) is 1.38. The standard InChI is InChI=1S/C19H23N6O3P/c1-27-8-7-21-17-16-12(10-20)11-22-18(16)25-19(24-17)23-14-6-5-13(29(3,4)26)9-15(14)28-2/h5-6,9,11H,7-8H2,1-4H3,(H3,21,22,23,24,25). The van der Waals surface area contributed by atoms with Crippen LogP contribution in [-0.2, 0) is 9.30 Å². The molecule has 152 valence electrons. The molecule has 0 saturated carbocycles. The molecule has 1 aromatic carbocycles. The number of ether oxygens (including phenoxy) is 2. The van der Waals surface area contributed by atoms with Crippen molar-refractivity contribution >= 4 is 40.9 Å². The van der Waals surface area contributed by atoms with Crippen molar-refractivity contribution < 1.29 is 14.0 Å². The van der Waals surface area contributed by atoms with Gasteiger partial charge in [0.05, 0.1) is 30.4 Å². The average Bonchev–Trinajstić information content (AvgIpc) is 3.11. The highest BCUT2D eigenvalue weighted by molar-refractivity contribution is 7.70. The number of benzene rings is 1. The molecular formula is C19H23N6O3P. The molecule has 0 aliphatic carbocycles.